The van der Waals surface area contributed by atoms with Crippen LogP contribution < -0.4 is 5.73 Å². The van der Waals surface area contributed by atoms with Gasteiger partial charge in [-0.3, -0.25) is 0 Å². The molecule has 1 aromatic carbocycles. The van der Waals surface area contributed by atoms with Gasteiger partial charge in [-0.15, -0.1) is 11.8 Å². The minimum Gasteiger partial charge on any atom is -0.337 e. The summed E-state index contributed by atoms with van der Waals surface area (Å²) in [7, 11) is 0. The first-order valence-electron chi connectivity index (χ1n) is 6.47. The quantitative estimate of drug-likeness (QED) is 0.869. The van der Waals surface area contributed by atoms with Crippen LogP contribution in [0.2, 0.25) is 0 Å². The lowest BCUT2D eigenvalue weighted by Crippen LogP contribution is -2.43. The molecule has 19 heavy (non-hydrogen) atoms. The molecule has 4 nitrogen and oxygen atoms in total. The zero-order valence-corrected chi connectivity index (χ0v) is 11.7. The largest absolute Gasteiger partial charge is 0.337 e. The molecule has 100 valence electrons. The summed E-state index contributed by atoms with van der Waals surface area (Å²) in [6, 6.07) is 8.39. The Morgan fingerprint density at radius 1 is 1.42 bits per heavy atom. The zero-order chi connectivity index (χ0) is 13.3. The Bertz CT molecular complexity index is 578. The van der Waals surface area contributed by atoms with E-state index in [2.05, 4.69) is 41.3 Å². The fourth-order valence-electron chi connectivity index (χ4n) is 2.14. The monoisotopic (exact) mass is 275 g/mol. The number of benzene rings is 1. The van der Waals surface area contributed by atoms with Crippen LogP contribution in [0.3, 0.4) is 0 Å². The fraction of sp³-hybridized carbons (Fsp3) is 0.429. The number of hydrogen-bond acceptors (Lipinski definition) is 5. The van der Waals surface area contributed by atoms with Crippen molar-refractivity contribution in [1.82, 2.24) is 10.1 Å². The topological polar surface area (TPSA) is 64.9 Å². The lowest BCUT2D eigenvalue weighted by Gasteiger charge is -2.33. The Morgan fingerprint density at radius 3 is 2.95 bits per heavy atom. The predicted octanol–water partition coefficient (Wildman–Crippen LogP) is 3.01. The number of hydrogen-bond donors (Lipinski definition) is 1. The van der Waals surface area contributed by atoms with Crippen molar-refractivity contribution < 1.29 is 4.52 Å². The van der Waals surface area contributed by atoms with Gasteiger partial charge in [0.1, 0.15) is 0 Å². The molecule has 1 heterocycles. The molecule has 2 N–H and O–H groups in total. The van der Waals surface area contributed by atoms with Crippen LogP contribution in [0.5, 0.6) is 0 Å². The molecular formula is C14H17N3OS. The number of aromatic nitrogens is 2. The molecule has 1 aromatic heterocycles. The van der Waals surface area contributed by atoms with Gasteiger partial charge in [-0.1, -0.05) is 22.9 Å². The third-order valence-electron chi connectivity index (χ3n) is 3.50. The second-order valence-electron chi connectivity index (χ2n) is 5.13. The van der Waals surface area contributed by atoms with E-state index < -0.39 is 0 Å². The summed E-state index contributed by atoms with van der Waals surface area (Å²) in [5.74, 6) is 2.03. The molecule has 2 aromatic rings. The Hall–Kier alpha value is -1.33. The van der Waals surface area contributed by atoms with E-state index in [-0.39, 0.29) is 5.54 Å². The van der Waals surface area contributed by atoms with E-state index in [9.17, 15) is 0 Å². The third kappa shape index (κ3) is 2.67. The lowest BCUT2D eigenvalue weighted by atomic mass is 9.78. The van der Waals surface area contributed by atoms with Crippen molar-refractivity contribution in [2.24, 2.45) is 5.73 Å². The smallest absolute Gasteiger partial charge is 0.246 e. The highest BCUT2D eigenvalue weighted by atomic mass is 32.2. The highest BCUT2D eigenvalue weighted by Crippen LogP contribution is 2.37. The molecule has 0 aliphatic heterocycles. The van der Waals surface area contributed by atoms with Crippen molar-refractivity contribution in [2.75, 3.05) is 0 Å². The molecular weight excluding hydrogens is 258 g/mol. The highest BCUT2D eigenvalue weighted by Gasteiger charge is 2.39. The first-order valence-corrected chi connectivity index (χ1v) is 7.46. The summed E-state index contributed by atoms with van der Waals surface area (Å²) in [5.41, 5.74) is 7.06. The molecule has 0 atom stereocenters. The minimum atomic E-state index is -0.362. The number of aryl methyl sites for hydroxylation is 1. The standard InChI is InChI=1S/C14H17N3OS/c1-10-4-2-5-11(8-10)19-9-12-16-13(18-17-12)14(15)6-3-7-14/h2,4-5,8H,3,6-7,9,15H2,1H3. The Balaban J connectivity index is 1.64. The van der Waals surface area contributed by atoms with Gasteiger partial charge in [0.2, 0.25) is 5.89 Å². The average Bonchev–Trinajstić information content (AvgIpc) is 2.83. The third-order valence-corrected chi connectivity index (χ3v) is 4.49. The number of thioether (sulfide) groups is 1. The fourth-order valence-corrected chi connectivity index (χ4v) is 3.00. The van der Waals surface area contributed by atoms with Gasteiger partial charge >= 0.3 is 0 Å². The van der Waals surface area contributed by atoms with Gasteiger partial charge in [0.05, 0.1) is 11.3 Å². The molecule has 5 heteroatoms. The van der Waals surface area contributed by atoms with Crippen LogP contribution in [0, 0.1) is 6.92 Å². The number of nitrogens with two attached hydrogens (primary N) is 1. The summed E-state index contributed by atoms with van der Waals surface area (Å²) >= 11 is 1.71. The zero-order valence-electron chi connectivity index (χ0n) is 10.9. The molecule has 0 spiro atoms. The second-order valence-corrected chi connectivity index (χ2v) is 6.18. The van der Waals surface area contributed by atoms with E-state index in [4.69, 9.17) is 10.3 Å². The van der Waals surface area contributed by atoms with Crippen LogP contribution in [0.25, 0.3) is 0 Å². The van der Waals surface area contributed by atoms with Crippen LogP contribution >= 0.6 is 11.8 Å². The maximum absolute atomic E-state index is 6.16. The molecule has 1 fully saturated rings. The van der Waals surface area contributed by atoms with E-state index in [1.807, 2.05) is 0 Å². The predicted molar refractivity (Wildman–Crippen MR) is 74.8 cm³/mol. The second kappa shape index (κ2) is 4.98. The first-order chi connectivity index (χ1) is 9.16. The van der Waals surface area contributed by atoms with Gasteiger partial charge in [-0.05, 0) is 38.3 Å². The number of rotatable bonds is 4. The van der Waals surface area contributed by atoms with Crippen LogP contribution in [-0.2, 0) is 11.3 Å². The Kier molecular flexibility index (Phi) is 3.33. The summed E-state index contributed by atoms with van der Waals surface area (Å²) < 4.78 is 5.28. The van der Waals surface area contributed by atoms with E-state index in [0.29, 0.717) is 11.6 Å². The maximum atomic E-state index is 6.16. The molecule has 0 amide bonds. The molecule has 0 unspecified atom stereocenters. The van der Waals surface area contributed by atoms with E-state index in [0.717, 1.165) is 25.1 Å². The maximum Gasteiger partial charge on any atom is 0.246 e. The average molecular weight is 275 g/mol. The summed E-state index contributed by atoms with van der Waals surface area (Å²) in [4.78, 5) is 5.64. The summed E-state index contributed by atoms with van der Waals surface area (Å²) in [6.45, 7) is 2.09. The molecule has 0 radical (unpaired) electrons. The van der Waals surface area contributed by atoms with E-state index in [1.165, 1.54) is 10.5 Å². The van der Waals surface area contributed by atoms with Gasteiger partial charge in [0.15, 0.2) is 5.82 Å². The van der Waals surface area contributed by atoms with Crippen LogP contribution in [-0.4, -0.2) is 10.1 Å². The first kappa shape index (κ1) is 12.7. The molecule has 1 saturated carbocycles. The van der Waals surface area contributed by atoms with Crippen LogP contribution in [0.4, 0.5) is 0 Å². The van der Waals surface area contributed by atoms with Gasteiger partial charge < -0.3 is 10.3 Å². The Labute approximate surface area is 116 Å². The normalized spacial score (nSPS) is 17.2. The van der Waals surface area contributed by atoms with Crippen molar-refractivity contribution in [1.29, 1.82) is 0 Å². The highest BCUT2D eigenvalue weighted by molar-refractivity contribution is 7.98. The molecule has 0 saturated heterocycles. The SMILES string of the molecule is Cc1cccc(SCc2noc(C3(N)CCC3)n2)c1. The van der Waals surface area contributed by atoms with Gasteiger partial charge in [-0.2, -0.15) is 4.98 Å². The molecule has 1 aliphatic carbocycles. The van der Waals surface area contributed by atoms with Crippen molar-refractivity contribution >= 4 is 11.8 Å². The molecule has 0 bridgehead atoms. The van der Waals surface area contributed by atoms with Crippen LogP contribution in [0.1, 0.15) is 36.5 Å². The van der Waals surface area contributed by atoms with Gasteiger partial charge in [0, 0.05) is 4.90 Å². The van der Waals surface area contributed by atoms with Crippen molar-refractivity contribution in [2.45, 2.75) is 42.4 Å². The summed E-state index contributed by atoms with van der Waals surface area (Å²) in [6.07, 6.45) is 3.03. The lowest BCUT2D eigenvalue weighted by molar-refractivity contribution is 0.181. The molecule has 3 rings (SSSR count). The van der Waals surface area contributed by atoms with E-state index >= 15 is 0 Å². The van der Waals surface area contributed by atoms with Crippen LogP contribution in [0.15, 0.2) is 33.7 Å². The Morgan fingerprint density at radius 2 is 2.26 bits per heavy atom. The van der Waals surface area contributed by atoms with E-state index in [1.54, 1.807) is 11.8 Å². The minimum absolute atomic E-state index is 0.362. The van der Waals surface area contributed by atoms with Crippen molar-refractivity contribution in [3.63, 3.8) is 0 Å². The summed E-state index contributed by atoms with van der Waals surface area (Å²) in [5, 5.41) is 4.01. The van der Waals surface area contributed by atoms with Crippen molar-refractivity contribution in [3.8, 4) is 0 Å². The van der Waals surface area contributed by atoms with Gasteiger partial charge in [0.25, 0.3) is 0 Å². The van der Waals surface area contributed by atoms with Crippen molar-refractivity contribution in [3.05, 3.63) is 41.5 Å². The van der Waals surface area contributed by atoms with Gasteiger partial charge in [-0.25, -0.2) is 0 Å². The number of nitrogens with zero attached hydrogens (tertiary/aromatic N) is 2. The molecule has 1 aliphatic rings.